The molecule has 1 heterocycles. The van der Waals surface area contributed by atoms with E-state index < -0.39 is 5.97 Å². The largest absolute Gasteiger partial charge is 0.465 e. The normalized spacial score (nSPS) is 11.9. The molecular formula is C12H18N2O4. The Morgan fingerprint density at radius 1 is 1.44 bits per heavy atom. The number of aromatic nitrogens is 1. The highest BCUT2D eigenvalue weighted by molar-refractivity contribution is 5.94. The van der Waals surface area contributed by atoms with Gasteiger partial charge in [0.2, 0.25) is 0 Å². The summed E-state index contributed by atoms with van der Waals surface area (Å²) < 4.78 is 14.9. The van der Waals surface area contributed by atoms with Crippen molar-refractivity contribution < 1.29 is 19.0 Å². The molecular weight excluding hydrogens is 236 g/mol. The van der Waals surface area contributed by atoms with E-state index in [-0.39, 0.29) is 6.10 Å². The summed E-state index contributed by atoms with van der Waals surface area (Å²) in [6, 6.07) is 3.33. The minimum atomic E-state index is -0.425. The van der Waals surface area contributed by atoms with Crippen LogP contribution in [-0.2, 0) is 14.2 Å². The Labute approximate surface area is 106 Å². The topological polar surface area (TPSA) is 69.7 Å². The summed E-state index contributed by atoms with van der Waals surface area (Å²) in [6.45, 7) is 0.954. The molecule has 1 aromatic heterocycles. The highest BCUT2D eigenvalue weighted by Crippen LogP contribution is 2.12. The maximum Gasteiger partial charge on any atom is 0.341 e. The van der Waals surface area contributed by atoms with E-state index in [2.05, 4.69) is 15.0 Å². The Balaban J connectivity index is 2.69. The molecule has 0 aliphatic rings. The van der Waals surface area contributed by atoms with Gasteiger partial charge in [-0.3, -0.25) is 0 Å². The number of methoxy groups -OCH3 is 3. The van der Waals surface area contributed by atoms with Crippen LogP contribution in [0, 0.1) is 0 Å². The van der Waals surface area contributed by atoms with Gasteiger partial charge in [0.05, 0.1) is 19.8 Å². The molecule has 1 atom stereocenters. The lowest BCUT2D eigenvalue weighted by Gasteiger charge is -2.16. The first-order chi connectivity index (χ1) is 8.72. The zero-order chi connectivity index (χ0) is 13.4. The van der Waals surface area contributed by atoms with Crippen LogP contribution in [0.2, 0.25) is 0 Å². The second-order valence-electron chi connectivity index (χ2n) is 3.59. The summed E-state index contributed by atoms with van der Waals surface area (Å²) in [4.78, 5) is 15.6. The van der Waals surface area contributed by atoms with Crippen molar-refractivity contribution in [1.82, 2.24) is 4.98 Å². The molecule has 0 saturated heterocycles. The second kappa shape index (κ2) is 7.62. The fourth-order valence-corrected chi connectivity index (χ4v) is 1.43. The molecule has 1 unspecified atom stereocenters. The fourth-order valence-electron chi connectivity index (χ4n) is 1.43. The van der Waals surface area contributed by atoms with Crippen molar-refractivity contribution in [2.45, 2.75) is 6.10 Å². The van der Waals surface area contributed by atoms with Crippen LogP contribution >= 0.6 is 0 Å². The maximum absolute atomic E-state index is 11.5. The van der Waals surface area contributed by atoms with Crippen LogP contribution in [0.25, 0.3) is 0 Å². The highest BCUT2D eigenvalue weighted by atomic mass is 16.5. The lowest BCUT2D eigenvalue weighted by Crippen LogP contribution is -2.27. The maximum atomic E-state index is 11.5. The molecule has 0 saturated carbocycles. The smallest absolute Gasteiger partial charge is 0.341 e. The molecule has 0 bridgehead atoms. The summed E-state index contributed by atoms with van der Waals surface area (Å²) in [5.74, 6) is 0.0498. The van der Waals surface area contributed by atoms with Crippen LogP contribution in [0.1, 0.15) is 10.4 Å². The van der Waals surface area contributed by atoms with E-state index >= 15 is 0 Å². The Kier molecular flexibility index (Phi) is 6.10. The number of carbonyl (C=O) groups excluding carboxylic acids is 1. The zero-order valence-corrected chi connectivity index (χ0v) is 10.8. The average molecular weight is 254 g/mol. The van der Waals surface area contributed by atoms with Crippen LogP contribution in [0.3, 0.4) is 0 Å². The molecule has 0 fully saturated rings. The van der Waals surface area contributed by atoms with Crippen molar-refractivity contribution in [3.05, 3.63) is 23.9 Å². The van der Waals surface area contributed by atoms with Crippen LogP contribution in [0.5, 0.6) is 0 Å². The average Bonchev–Trinajstić information content (AvgIpc) is 2.43. The van der Waals surface area contributed by atoms with Crippen LogP contribution in [-0.4, -0.2) is 51.5 Å². The van der Waals surface area contributed by atoms with Crippen LogP contribution < -0.4 is 5.32 Å². The van der Waals surface area contributed by atoms with E-state index in [1.54, 1.807) is 32.5 Å². The van der Waals surface area contributed by atoms with Crippen molar-refractivity contribution in [2.75, 3.05) is 39.8 Å². The van der Waals surface area contributed by atoms with Gasteiger partial charge in [-0.25, -0.2) is 9.78 Å². The third-order valence-electron chi connectivity index (χ3n) is 2.40. The second-order valence-corrected chi connectivity index (χ2v) is 3.59. The lowest BCUT2D eigenvalue weighted by atomic mass is 10.2. The van der Waals surface area contributed by atoms with Gasteiger partial charge in [-0.05, 0) is 12.1 Å². The molecule has 6 heteroatoms. The first-order valence-electron chi connectivity index (χ1n) is 5.51. The van der Waals surface area contributed by atoms with Gasteiger partial charge in [-0.15, -0.1) is 0 Å². The number of esters is 1. The van der Waals surface area contributed by atoms with E-state index in [1.165, 1.54) is 7.11 Å². The van der Waals surface area contributed by atoms with E-state index in [9.17, 15) is 4.79 Å². The minimum absolute atomic E-state index is 0.109. The van der Waals surface area contributed by atoms with Crippen molar-refractivity contribution in [1.29, 1.82) is 0 Å². The Bertz CT molecular complexity index is 384. The quantitative estimate of drug-likeness (QED) is 0.730. The van der Waals surface area contributed by atoms with Crippen LogP contribution in [0.4, 0.5) is 5.82 Å². The lowest BCUT2D eigenvalue weighted by molar-refractivity contribution is 0.0365. The van der Waals surface area contributed by atoms with Gasteiger partial charge in [-0.2, -0.15) is 0 Å². The molecule has 0 spiro atoms. The van der Waals surface area contributed by atoms with Gasteiger partial charge in [0.25, 0.3) is 0 Å². The zero-order valence-electron chi connectivity index (χ0n) is 10.8. The molecule has 0 amide bonds. The summed E-state index contributed by atoms with van der Waals surface area (Å²) >= 11 is 0. The standard InChI is InChI=1S/C12H18N2O4/c1-16-8-9(17-2)7-14-11-10(12(15)18-3)5-4-6-13-11/h4-6,9H,7-8H2,1-3H3,(H,13,14). The molecule has 6 nitrogen and oxygen atoms in total. The third-order valence-corrected chi connectivity index (χ3v) is 2.40. The first-order valence-corrected chi connectivity index (χ1v) is 5.51. The molecule has 0 aliphatic heterocycles. The Morgan fingerprint density at radius 2 is 2.22 bits per heavy atom. The number of anilines is 1. The van der Waals surface area contributed by atoms with Crippen molar-refractivity contribution in [3.8, 4) is 0 Å². The van der Waals surface area contributed by atoms with Gasteiger partial charge >= 0.3 is 5.97 Å². The van der Waals surface area contributed by atoms with Crippen molar-refractivity contribution in [3.63, 3.8) is 0 Å². The van der Waals surface area contributed by atoms with E-state index in [0.29, 0.717) is 24.5 Å². The predicted octanol–water partition coefficient (Wildman–Crippen LogP) is 0.941. The molecule has 0 aromatic carbocycles. The minimum Gasteiger partial charge on any atom is -0.465 e. The summed E-state index contributed by atoms with van der Waals surface area (Å²) in [5.41, 5.74) is 0.396. The van der Waals surface area contributed by atoms with E-state index in [4.69, 9.17) is 9.47 Å². The highest BCUT2D eigenvalue weighted by Gasteiger charge is 2.14. The van der Waals surface area contributed by atoms with Gasteiger partial charge < -0.3 is 19.5 Å². The number of nitrogens with zero attached hydrogens (tertiary/aromatic N) is 1. The number of rotatable bonds is 7. The number of nitrogens with one attached hydrogen (secondary N) is 1. The SMILES string of the molecule is COCC(CNc1ncccc1C(=O)OC)OC. The number of pyridine rings is 1. The number of hydrogen-bond acceptors (Lipinski definition) is 6. The summed E-state index contributed by atoms with van der Waals surface area (Å²) in [7, 11) is 4.54. The van der Waals surface area contributed by atoms with Gasteiger partial charge in [0.15, 0.2) is 0 Å². The van der Waals surface area contributed by atoms with Crippen LogP contribution in [0.15, 0.2) is 18.3 Å². The molecule has 1 N–H and O–H groups in total. The summed E-state index contributed by atoms with van der Waals surface area (Å²) in [5, 5.41) is 3.05. The molecule has 0 radical (unpaired) electrons. The first kappa shape index (κ1) is 14.4. The predicted molar refractivity (Wildman–Crippen MR) is 66.7 cm³/mol. The third kappa shape index (κ3) is 3.97. The van der Waals surface area contributed by atoms with Gasteiger partial charge in [0.1, 0.15) is 11.4 Å². The molecule has 100 valence electrons. The molecule has 18 heavy (non-hydrogen) atoms. The van der Waals surface area contributed by atoms with E-state index in [1.807, 2.05) is 0 Å². The van der Waals surface area contributed by atoms with Gasteiger partial charge in [-0.1, -0.05) is 0 Å². The summed E-state index contributed by atoms with van der Waals surface area (Å²) in [6.07, 6.45) is 1.50. The van der Waals surface area contributed by atoms with Gasteiger partial charge in [0, 0.05) is 27.0 Å². The van der Waals surface area contributed by atoms with Crippen molar-refractivity contribution in [2.24, 2.45) is 0 Å². The monoisotopic (exact) mass is 254 g/mol. The number of carbonyl (C=O) groups is 1. The number of hydrogen-bond donors (Lipinski definition) is 1. The molecule has 0 aliphatic carbocycles. The fraction of sp³-hybridized carbons (Fsp3) is 0.500. The Morgan fingerprint density at radius 3 is 2.83 bits per heavy atom. The molecule has 1 aromatic rings. The molecule has 1 rings (SSSR count). The number of ether oxygens (including phenoxy) is 3. The van der Waals surface area contributed by atoms with E-state index in [0.717, 1.165) is 0 Å². The van der Waals surface area contributed by atoms with Crippen molar-refractivity contribution >= 4 is 11.8 Å². The Hall–Kier alpha value is -1.66.